The third-order valence-corrected chi connectivity index (χ3v) is 1.82. The molecule has 0 aromatic heterocycles. The molecule has 4 nitrogen and oxygen atoms in total. The molecule has 74 valence electrons. The second-order valence-corrected chi connectivity index (χ2v) is 2.89. The Hall–Kier alpha value is -1.33. The Kier molecular flexibility index (Phi) is 3.68. The van der Waals surface area contributed by atoms with Gasteiger partial charge in [0.15, 0.2) is 0 Å². The fourth-order valence-corrected chi connectivity index (χ4v) is 1.05. The fourth-order valence-electron chi connectivity index (χ4n) is 1.05. The van der Waals surface area contributed by atoms with Crippen molar-refractivity contribution in [2.75, 3.05) is 7.05 Å². The van der Waals surface area contributed by atoms with Gasteiger partial charge in [-0.05, 0) is 17.6 Å². The molecule has 0 amide bonds. The molecule has 5 heteroatoms. The lowest BCUT2D eigenvalue weighted by Gasteiger charge is -2.03. The quantitative estimate of drug-likeness (QED) is 0.515. The molecule has 1 aromatic rings. The molecule has 0 saturated heterocycles. The first-order valence-corrected chi connectivity index (χ1v) is 4.31. The summed E-state index contributed by atoms with van der Waals surface area (Å²) in [5.41, 5.74) is 3.52. The van der Waals surface area contributed by atoms with Gasteiger partial charge in [0.2, 0.25) is 0 Å². The second-order valence-electron chi connectivity index (χ2n) is 2.89. The predicted molar refractivity (Wildman–Crippen MR) is 54.4 cm³/mol. The Bertz CT molecular complexity index is 310. The van der Waals surface area contributed by atoms with Gasteiger partial charge in [-0.2, -0.15) is 5.48 Å². The molecule has 0 bridgehead atoms. The van der Waals surface area contributed by atoms with Crippen molar-refractivity contribution in [3.63, 3.8) is 0 Å². The van der Waals surface area contributed by atoms with E-state index >= 15 is 0 Å². The number of carbonyl (C=O) groups excluding carboxylic acids is 1. The molecule has 1 aromatic carbocycles. The van der Waals surface area contributed by atoms with Gasteiger partial charge in [-0.3, -0.25) is 0 Å². The topological polar surface area (TPSA) is 58.6 Å². The van der Waals surface area contributed by atoms with Crippen LogP contribution in [0.15, 0.2) is 24.3 Å². The number of hydrogen-bond acceptors (Lipinski definition) is 4. The smallest absolute Gasteiger partial charge is 0.356 e. The van der Waals surface area contributed by atoms with Crippen molar-refractivity contribution >= 4 is 18.3 Å². The van der Waals surface area contributed by atoms with Gasteiger partial charge in [-0.15, -0.1) is 0 Å². The number of carbonyl (C=O) groups is 1. The summed E-state index contributed by atoms with van der Waals surface area (Å²) in [6.45, 7) is 1.14. The van der Waals surface area contributed by atoms with Crippen LogP contribution in [0, 0.1) is 0 Å². The van der Waals surface area contributed by atoms with E-state index in [0.717, 1.165) is 5.46 Å². The highest BCUT2D eigenvalue weighted by molar-refractivity contribution is 6.64. The highest BCUT2D eigenvalue weighted by Gasteiger charge is 2.09. The number of nitrogens with one attached hydrogen (secondary N) is 1. The van der Waals surface area contributed by atoms with Crippen LogP contribution >= 0.6 is 0 Å². The minimum atomic E-state index is -0.524. The average Bonchev–Trinajstić information content (AvgIpc) is 2.18. The van der Waals surface area contributed by atoms with Gasteiger partial charge in [0.1, 0.15) is 0 Å². The van der Waals surface area contributed by atoms with Gasteiger partial charge >= 0.3 is 12.9 Å². The van der Waals surface area contributed by atoms with Crippen molar-refractivity contribution in [3.8, 4) is 0 Å². The summed E-state index contributed by atoms with van der Waals surface area (Å²) in [5, 5.41) is 9.23. The maximum Gasteiger partial charge on any atom is 0.356 e. The summed E-state index contributed by atoms with van der Waals surface area (Å²) in [4.78, 5) is 15.8. The second kappa shape index (κ2) is 4.78. The molecule has 2 N–H and O–H groups in total. The molecule has 0 radical (unpaired) electrons. The normalized spacial score (nSPS) is 9.64. The lowest BCUT2D eigenvalue weighted by molar-refractivity contribution is 0.0310. The van der Waals surface area contributed by atoms with Gasteiger partial charge < -0.3 is 9.86 Å². The molecule has 0 aliphatic rings. The Labute approximate surface area is 83.0 Å². The fraction of sp³-hybridized carbons (Fsp3) is 0.222. The van der Waals surface area contributed by atoms with E-state index in [1.54, 1.807) is 31.1 Å². The van der Waals surface area contributed by atoms with E-state index < -0.39 is 12.9 Å². The minimum absolute atomic E-state index is 0.440. The van der Waals surface area contributed by atoms with E-state index in [1.165, 1.54) is 7.05 Å². The molecule has 0 aliphatic carbocycles. The van der Waals surface area contributed by atoms with E-state index in [0.29, 0.717) is 5.56 Å². The van der Waals surface area contributed by atoms with Crippen molar-refractivity contribution in [1.82, 2.24) is 5.48 Å². The van der Waals surface area contributed by atoms with Gasteiger partial charge in [0.05, 0.1) is 5.56 Å². The van der Waals surface area contributed by atoms with Crippen molar-refractivity contribution in [1.29, 1.82) is 0 Å². The van der Waals surface area contributed by atoms with E-state index in [9.17, 15) is 9.82 Å². The van der Waals surface area contributed by atoms with Crippen LogP contribution in [-0.4, -0.2) is 25.0 Å². The molecule has 0 spiro atoms. The van der Waals surface area contributed by atoms with E-state index in [1.807, 2.05) is 0 Å². The Balaban J connectivity index is 2.78. The first-order valence-electron chi connectivity index (χ1n) is 4.31. The molecule has 0 heterocycles. The maximum atomic E-state index is 11.2. The van der Waals surface area contributed by atoms with Crippen LogP contribution in [-0.2, 0) is 4.84 Å². The zero-order valence-corrected chi connectivity index (χ0v) is 8.15. The zero-order valence-electron chi connectivity index (χ0n) is 8.15. The summed E-state index contributed by atoms with van der Waals surface area (Å²) < 4.78 is 0. The van der Waals surface area contributed by atoms with Crippen LogP contribution in [0.25, 0.3) is 0 Å². The Morgan fingerprint density at radius 2 is 2.00 bits per heavy atom. The number of rotatable bonds is 3. The Morgan fingerprint density at radius 1 is 1.43 bits per heavy atom. The van der Waals surface area contributed by atoms with Gasteiger partial charge in [-0.25, -0.2) is 4.79 Å². The first-order chi connectivity index (χ1) is 6.65. The monoisotopic (exact) mass is 193 g/mol. The largest absolute Gasteiger partial charge is 0.447 e. The highest BCUT2D eigenvalue weighted by atomic mass is 16.7. The molecular formula is C9H12BNO3. The molecular weight excluding hydrogens is 181 g/mol. The lowest BCUT2D eigenvalue weighted by atomic mass is 9.64. The summed E-state index contributed by atoms with van der Waals surface area (Å²) >= 11 is 0. The van der Waals surface area contributed by atoms with E-state index in [4.69, 9.17) is 0 Å². The SMILES string of the molecule is CNOC(=O)c1ccc(B(C)O)cc1. The molecule has 0 unspecified atom stereocenters. The Morgan fingerprint density at radius 3 is 2.43 bits per heavy atom. The summed E-state index contributed by atoms with van der Waals surface area (Å²) in [5.74, 6) is -0.440. The van der Waals surface area contributed by atoms with Crippen molar-refractivity contribution in [3.05, 3.63) is 29.8 Å². The molecule has 0 fully saturated rings. The number of benzene rings is 1. The molecule has 1 rings (SSSR count). The first kappa shape index (κ1) is 10.8. The number of hydrogen-bond donors (Lipinski definition) is 2. The van der Waals surface area contributed by atoms with Crippen LogP contribution in [0.2, 0.25) is 6.82 Å². The summed E-state index contributed by atoms with van der Waals surface area (Å²) in [6, 6.07) is 6.61. The molecule has 0 atom stereocenters. The third-order valence-electron chi connectivity index (χ3n) is 1.82. The maximum absolute atomic E-state index is 11.2. The predicted octanol–water partition coefficient (Wildman–Crippen LogP) is -0.202. The van der Waals surface area contributed by atoms with Crippen LogP contribution < -0.4 is 10.9 Å². The lowest BCUT2D eigenvalue weighted by Crippen LogP contribution is -2.26. The van der Waals surface area contributed by atoms with Crippen molar-refractivity contribution < 1.29 is 14.7 Å². The van der Waals surface area contributed by atoms with Crippen LogP contribution in [0.5, 0.6) is 0 Å². The van der Waals surface area contributed by atoms with Gasteiger partial charge in [-0.1, -0.05) is 19.0 Å². The number of hydroxylamine groups is 1. The van der Waals surface area contributed by atoms with Crippen LogP contribution in [0.1, 0.15) is 10.4 Å². The molecule has 0 saturated carbocycles. The average molecular weight is 193 g/mol. The minimum Gasteiger partial charge on any atom is -0.447 e. The van der Waals surface area contributed by atoms with E-state index in [-0.39, 0.29) is 0 Å². The van der Waals surface area contributed by atoms with Crippen molar-refractivity contribution in [2.45, 2.75) is 6.82 Å². The molecule has 14 heavy (non-hydrogen) atoms. The molecule has 0 aliphatic heterocycles. The summed E-state index contributed by atoms with van der Waals surface area (Å²) in [6.07, 6.45) is 0. The van der Waals surface area contributed by atoms with Crippen LogP contribution in [0.3, 0.4) is 0 Å². The van der Waals surface area contributed by atoms with Crippen LogP contribution in [0.4, 0.5) is 0 Å². The van der Waals surface area contributed by atoms with Gasteiger partial charge in [0.25, 0.3) is 0 Å². The summed E-state index contributed by atoms with van der Waals surface area (Å²) in [7, 11) is 1.52. The zero-order chi connectivity index (χ0) is 10.6. The highest BCUT2D eigenvalue weighted by Crippen LogP contribution is 1.99. The van der Waals surface area contributed by atoms with E-state index in [2.05, 4.69) is 10.3 Å². The standard InChI is InChI=1S/C9H12BNO3/c1-10(13)8-5-3-7(4-6-8)9(12)14-11-2/h3-6,11,13H,1-2H3. The third kappa shape index (κ3) is 2.58. The van der Waals surface area contributed by atoms with Gasteiger partial charge in [0, 0.05) is 7.05 Å². The van der Waals surface area contributed by atoms with Crippen molar-refractivity contribution in [2.24, 2.45) is 0 Å².